The molecule has 1 aromatic heterocycles. The van der Waals surface area contributed by atoms with Crippen molar-refractivity contribution >= 4 is 56.7 Å². The van der Waals surface area contributed by atoms with Crippen molar-refractivity contribution in [3.63, 3.8) is 0 Å². The Morgan fingerprint density at radius 1 is 1.15 bits per heavy atom. The molecule has 3 aliphatic heterocycles. The van der Waals surface area contributed by atoms with Crippen LogP contribution in [0.5, 0.6) is 6.01 Å². The number of aromatic nitrogens is 2. The molecule has 0 aliphatic carbocycles. The first-order valence-corrected chi connectivity index (χ1v) is 17.4. The van der Waals surface area contributed by atoms with Gasteiger partial charge in [0.1, 0.15) is 18.5 Å². The highest BCUT2D eigenvalue weighted by Crippen LogP contribution is 2.36. The second kappa shape index (κ2) is 14.4. The summed E-state index contributed by atoms with van der Waals surface area (Å²) >= 11 is 2.40. The summed E-state index contributed by atoms with van der Waals surface area (Å²) in [5.41, 5.74) is 3.11. The molecule has 246 valence electrons. The summed E-state index contributed by atoms with van der Waals surface area (Å²) in [4.78, 5) is 42.8. The second-order valence-corrected chi connectivity index (χ2v) is 13.5. The number of carbonyl (C=O) groups excluding carboxylic acids is 1. The summed E-state index contributed by atoms with van der Waals surface area (Å²) in [6, 6.07) is 14.4. The van der Waals surface area contributed by atoms with Gasteiger partial charge in [-0.15, -0.1) is 0 Å². The van der Waals surface area contributed by atoms with E-state index in [0.717, 1.165) is 55.1 Å². The van der Waals surface area contributed by atoms with E-state index in [9.17, 15) is 20.0 Å². The highest BCUT2D eigenvalue weighted by molar-refractivity contribution is 14.1. The summed E-state index contributed by atoms with van der Waals surface area (Å²) in [6.07, 6.45) is 4.54. The first-order valence-electron chi connectivity index (χ1n) is 16.3. The topological polar surface area (TPSA) is 126 Å². The Labute approximate surface area is 288 Å². The molecule has 0 saturated carbocycles. The molecule has 3 aromatic rings. The molecule has 0 spiro atoms. The highest BCUT2D eigenvalue weighted by atomic mass is 127. The van der Waals surface area contributed by atoms with Crippen LogP contribution in [0.3, 0.4) is 0 Å². The lowest BCUT2D eigenvalue weighted by Crippen LogP contribution is -2.55. The third kappa shape index (κ3) is 6.73. The predicted octanol–water partition coefficient (Wildman–Crippen LogP) is 4.62. The quantitative estimate of drug-likeness (QED) is 0.232. The third-order valence-corrected chi connectivity index (χ3v) is 10.6. The van der Waals surface area contributed by atoms with Gasteiger partial charge in [-0.25, -0.2) is 0 Å². The molecule has 2 saturated heterocycles. The Balaban J connectivity index is 1.33. The molecule has 12 heteroatoms. The number of carbonyl (C=O) groups is 2. The summed E-state index contributed by atoms with van der Waals surface area (Å²) in [7, 11) is 0. The Kier molecular flexibility index (Phi) is 10.1. The van der Waals surface area contributed by atoms with Crippen LogP contribution in [0.15, 0.2) is 49.1 Å². The Hall–Kier alpha value is -3.96. The molecule has 0 radical (unpaired) electrons. The maximum atomic E-state index is 12.6. The number of fused-ring (bicyclic) bond motifs is 2. The number of benzene rings is 2. The van der Waals surface area contributed by atoms with Crippen molar-refractivity contribution in [2.45, 2.75) is 63.7 Å². The van der Waals surface area contributed by atoms with Crippen molar-refractivity contribution < 1.29 is 19.4 Å². The van der Waals surface area contributed by atoms with Crippen LogP contribution in [-0.4, -0.2) is 94.2 Å². The predicted molar refractivity (Wildman–Crippen MR) is 189 cm³/mol. The number of hydrogen-bond acceptors (Lipinski definition) is 9. The van der Waals surface area contributed by atoms with Gasteiger partial charge in [0, 0.05) is 52.4 Å². The fraction of sp³-hybridized carbons (Fsp3) is 0.457. The molecule has 2 aromatic carbocycles. The zero-order valence-electron chi connectivity index (χ0n) is 26.6. The van der Waals surface area contributed by atoms with Gasteiger partial charge in [0.25, 0.3) is 0 Å². The molecule has 1 unspecified atom stereocenters. The number of piperazine rings is 1. The number of ether oxygens (including phenoxy) is 1. The smallest absolute Gasteiger partial charge is 0.320 e. The van der Waals surface area contributed by atoms with E-state index in [0.29, 0.717) is 39.2 Å². The van der Waals surface area contributed by atoms with Crippen LogP contribution < -0.4 is 14.5 Å². The van der Waals surface area contributed by atoms with Gasteiger partial charge >= 0.3 is 12.0 Å². The molecular weight excluding hydrogens is 709 g/mol. The van der Waals surface area contributed by atoms with E-state index in [-0.39, 0.29) is 30.4 Å². The molecule has 47 heavy (non-hydrogen) atoms. The van der Waals surface area contributed by atoms with Gasteiger partial charge < -0.3 is 24.5 Å². The molecule has 2 fully saturated rings. The van der Waals surface area contributed by atoms with Gasteiger partial charge in [-0.3, -0.25) is 14.5 Å². The van der Waals surface area contributed by atoms with Gasteiger partial charge in [-0.2, -0.15) is 15.2 Å². The maximum absolute atomic E-state index is 12.6. The van der Waals surface area contributed by atoms with Gasteiger partial charge in [-0.05, 0) is 78.4 Å². The highest BCUT2D eigenvalue weighted by Gasteiger charge is 2.36. The lowest BCUT2D eigenvalue weighted by Gasteiger charge is -2.42. The van der Waals surface area contributed by atoms with Crippen LogP contribution in [0.1, 0.15) is 43.9 Å². The van der Waals surface area contributed by atoms with Crippen molar-refractivity contribution in [1.82, 2.24) is 19.8 Å². The summed E-state index contributed by atoms with van der Waals surface area (Å²) < 4.78 is 7.53. The van der Waals surface area contributed by atoms with Crippen LogP contribution in [0.4, 0.5) is 11.5 Å². The van der Waals surface area contributed by atoms with E-state index in [1.165, 1.54) is 20.4 Å². The van der Waals surface area contributed by atoms with E-state index < -0.39 is 12.0 Å². The van der Waals surface area contributed by atoms with Crippen molar-refractivity contribution in [2.75, 3.05) is 49.1 Å². The summed E-state index contributed by atoms with van der Waals surface area (Å²) in [5.74, 6) is -0.200. The number of nitriles is 1. The minimum absolute atomic E-state index is 0.0399. The van der Waals surface area contributed by atoms with Crippen molar-refractivity contribution in [3.8, 4) is 12.1 Å². The molecule has 3 aliphatic rings. The van der Waals surface area contributed by atoms with Crippen LogP contribution in [0.25, 0.3) is 10.8 Å². The molecule has 11 nitrogen and oxygen atoms in total. The van der Waals surface area contributed by atoms with Gasteiger partial charge in [0.15, 0.2) is 0 Å². The number of carboxylic acids is 1. The van der Waals surface area contributed by atoms with Crippen molar-refractivity contribution in [1.29, 1.82) is 5.26 Å². The SMILES string of the molecule is C=CC(=O)N1CCN(c2nc(OCC3CCCN3[C@@H](CC)C(=O)O)nc3c2CCN(c2cccc4cccc(I)c24)C3)C[C@@H]1CC#N. The van der Waals surface area contributed by atoms with Gasteiger partial charge in [-0.1, -0.05) is 37.8 Å². The van der Waals surface area contributed by atoms with E-state index in [2.05, 4.69) is 81.4 Å². The molecule has 1 N–H and O–H groups in total. The van der Waals surface area contributed by atoms with Crippen molar-refractivity contribution in [2.24, 2.45) is 0 Å². The average molecular weight is 750 g/mol. The molecule has 3 atom stereocenters. The van der Waals surface area contributed by atoms with E-state index in [1.807, 2.05) is 11.8 Å². The van der Waals surface area contributed by atoms with Crippen LogP contribution in [0.2, 0.25) is 0 Å². The zero-order chi connectivity index (χ0) is 33.1. The minimum atomic E-state index is -0.809. The fourth-order valence-electron chi connectivity index (χ4n) is 7.36. The lowest BCUT2D eigenvalue weighted by molar-refractivity contribution is -0.144. The standard InChI is InChI=1S/C35H40IN7O4/c1-3-29(34(45)46)42-16-7-10-25(42)22-47-35-38-28-21-40(30-12-6-9-23-8-5-11-27(36)32(23)30)17-14-26(28)33(39-35)41-18-19-43(31(44)4-2)24(20-41)13-15-37/h4-6,8-9,11-12,24-25,29H,2-3,7,10,13-14,16-22H2,1H3,(H,45,46)/t24-,25?,29-/m0/s1. The Morgan fingerprint density at radius 3 is 2.70 bits per heavy atom. The van der Waals surface area contributed by atoms with E-state index in [4.69, 9.17) is 14.7 Å². The molecule has 4 heterocycles. The lowest BCUT2D eigenvalue weighted by atomic mass is 10.0. The summed E-state index contributed by atoms with van der Waals surface area (Å²) in [6.45, 7) is 9.42. The fourth-order valence-corrected chi connectivity index (χ4v) is 8.16. The first kappa shape index (κ1) is 33.0. The number of hydrogen-bond donors (Lipinski definition) is 1. The van der Waals surface area contributed by atoms with E-state index >= 15 is 0 Å². The molecular formula is C35H40IN7O4. The normalized spacial score (nSPS) is 20.5. The Bertz CT molecular complexity index is 1710. The summed E-state index contributed by atoms with van der Waals surface area (Å²) in [5, 5.41) is 21.8. The van der Waals surface area contributed by atoms with Crippen LogP contribution >= 0.6 is 22.6 Å². The number of anilines is 2. The van der Waals surface area contributed by atoms with Crippen LogP contribution in [-0.2, 0) is 22.6 Å². The van der Waals surface area contributed by atoms with Gasteiger partial charge in [0.2, 0.25) is 5.91 Å². The third-order valence-electron chi connectivity index (χ3n) is 9.66. The number of likely N-dealkylation sites (tertiary alicyclic amines) is 1. The molecule has 6 rings (SSSR count). The number of nitrogens with zero attached hydrogens (tertiary/aromatic N) is 7. The Morgan fingerprint density at radius 2 is 1.96 bits per heavy atom. The maximum Gasteiger partial charge on any atom is 0.320 e. The van der Waals surface area contributed by atoms with Crippen LogP contribution in [0, 0.1) is 14.9 Å². The van der Waals surface area contributed by atoms with Gasteiger partial charge in [0.05, 0.1) is 30.8 Å². The number of aliphatic carboxylic acids is 1. The second-order valence-electron chi connectivity index (χ2n) is 12.3. The molecule has 1 amide bonds. The van der Waals surface area contributed by atoms with E-state index in [1.54, 1.807) is 4.90 Å². The minimum Gasteiger partial charge on any atom is -0.480 e. The molecule has 0 bridgehead atoms. The van der Waals surface area contributed by atoms with Crippen molar-refractivity contribution in [3.05, 3.63) is 63.9 Å². The first-order chi connectivity index (χ1) is 22.8. The largest absolute Gasteiger partial charge is 0.480 e. The number of amides is 1. The number of rotatable bonds is 10. The zero-order valence-corrected chi connectivity index (χ0v) is 28.8. The number of halogens is 1. The average Bonchev–Trinajstić information content (AvgIpc) is 3.54. The monoisotopic (exact) mass is 749 g/mol. The number of carboxylic acid groups (broad SMARTS) is 1.